The van der Waals surface area contributed by atoms with E-state index < -0.39 is 0 Å². The van der Waals surface area contributed by atoms with E-state index >= 15 is 0 Å². The van der Waals surface area contributed by atoms with Crippen LogP contribution in [0.15, 0.2) is 30.6 Å². The summed E-state index contributed by atoms with van der Waals surface area (Å²) in [7, 11) is 1.84. The average Bonchev–Trinajstić information content (AvgIpc) is 3.01. The summed E-state index contributed by atoms with van der Waals surface area (Å²) in [5.74, 6) is -0.143. The molecule has 0 fully saturated rings. The highest BCUT2D eigenvalue weighted by molar-refractivity contribution is 7.21. The van der Waals surface area contributed by atoms with Gasteiger partial charge in [0.15, 0.2) is 0 Å². The van der Waals surface area contributed by atoms with Crippen LogP contribution in [0.2, 0.25) is 0 Å². The van der Waals surface area contributed by atoms with Gasteiger partial charge in [-0.25, -0.2) is 0 Å². The summed E-state index contributed by atoms with van der Waals surface area (Å²) >= 11 is 1.42. The molecule has 2 heterocycles. The third kappa shape index (κ3) is 2.62. The molecule has 0 aliphatic heterocycles. The first-order valence-corrected chi connectivity index (χ1v) is 7.40. The summed E-state index contributed by atoms with van der Waals surface area (Å²) in [5, 5.41) is 7.91. The Kier molecular flexibility index (Phi) is 3.39. The summed E-state index contributed by atoms with van der Waals surface area (Å²) in [6.45, 7) is 2.46. The molecule has 21 heavy (non-hydrogen) atoms. The van der Waals surface area contributed by atoms with Crippen LogP contribution in [0.3, 0.4) is 0 Å². The fourth-order valence-electron chi connectivity index (χ4n) is 2.22. The number of thiophene rings is 1. The molecule has 0 spiro atoms. The maximum absolute atomic E-state index is 12.3. The van der Waals surface area contributed by atoms with Crippen molar-refractivity contribution in [1.82, 2.24) is 15.1 Å². The van der Waals surface area contributed by atoms with Crippen LogP contribution in [0, 0.1) is 6.92 Å². The highest BCUT2D eigenvalue weighted by Gasteiger charge is 2.16. The van der Waals surface area contributed by atoms with Crippen molar-refractivity contribution in [2.24, 2.45) is 7.05 Å². The number of nitrogens with one attached hydrogen (secondary N) is 1. The van der Waals surface area contributed by atoms with E-state index in [1.54, 1.807) is 10.9 Å². The fraction of sp³-hybridized carbons (Fsp3) is 0.200. The lowest BCUT2D eigenvalue weighted by atomic mass is 10.1. The SMILES string of the molecule is Cc1ccc2sc(C(=O)NCc3cnn(C)c3)c(N)c2c1. The molecular formula is C15H16N4OS. The van der Waals surface area contributed by atoms with E-state index in [2.05, 4.69) is 10.4 Å². The molecule has 0 unspecified atom stereocenters. The molecular weight excluding hydrogens is 284 g/mol. The Morgan fingerprint density at radius 2 is 2.29 bits per heavy atom. The van der Waals surface area contributed by atoms with Gasteiger partial charge in [0.1, 0.15) is 4.88 Å². The molecule has 2 aromatic heterocycles. The Labute approximate surface area is 126 Å². The smallest absolute Gasteiger partial charge is 0.263 e. The van der Waals surface area contributed by atoms with Crippen LogP contribution in [0.4, 0.5) is 5.69 Å². The summed E-state index contributed by atoms with van der Waals surface area (Å²) in [5.41, 5.74) is 8.77. The zero-order chi connectivity index (χ0) is 15.0. The molecule has 0 radical (unpaired) electrons. The average molecular weight is 300 g/mol. The first-order chi connectivity index (χ1) is 10.0. The zero-order valence-electron chi connectivity index (χ0n) is 11.9. The van der Waals surface area contributed by atoms with Crippen molar-refractivity contribution >= 4 is 33.0 Å². The number of carbonyl (C=O) groups is 1. The van der Waals surface area contributed by atoms with Gasteiger partial charge in [-0.3, -0.25) is 9.48 Å². The highest BCUT2D eigenvalue weighted by atomic mass is 32.1. The van der Waals surface area contributed by atoms with Crippen LogP contribution in [0.5, 0.6) is 0 Å². The van der Waals surface area contributed by atoms with E-state index in [0.29, 0.717) is 17.1 Å². The Balaban J connectivity index is 1.82. The van der Waals surface area contributed by atoms with Crippen LogP contribution in [0.1, 0.15) is 20.8 Å². The first-order valence-electron chi connectivity index (χ1n) is 6.59. The number of hydrogen-bond acceptors (Lipinski definition) is 4. The van der Waals surface area contributed by atoms with Gasteiger partial charge in [-0.2, -0.15) is 5.10 Å². The molecule has 0 saturated carbocycles. The van der Waals surface area contributed by atoms with Gasteiger partial charge < -0.3 is 11.1 Å². The number of aromatic nitrogens is 2. The molecule has 0 aliphatic rings. The zero-order valence-corrected chi connectivity index (χ0v) is 12.7. The van der Waals surface area contributed by atoms with E-state index in [4.69, 9.17) is 5.73 Å². The van der Waals surface area contributed by atoms with Gasteiger partial charge in [0, 0.05) is 35.4 Å². The van der Waals surface area contributed by atoms with Crippen molar-refractivity contribution < 1.29 is 4.79 Å². The van der Waals surface area contributed by atoms with Crippen LogP contribution in [-0.4, -0.2) is 15.7 Å². The number of rotatable bonds is 3. The van der Waals surface area contributed by atoms with Gasteiger partial charge in [-0.1, -0.05) is 11.6 Å². The predicted molar refractivity (Wildman–Crippen MR) is 85.4 cm³/mol. The van der Waals surface area contributed by atoms with Crippen LogP contribution < -0.4 is 11.1 Å². The molecule has 0 saturated heterocycles. The lowest BCUT2D eigenvalue weighted by molar-refractivity contribution is 0.0956. The number of nitrogen functional groups attached to an aromatic ring is 1. The highest BCUT2D eigenvalue weighted by Crippen LogP contribution is 2.34. The number of fused-ring (bicyclic) bond motifs is 1. The number of nitrogens with two attached hydrogens (primary N) is 1. The molecule has 1 aromatic carbocycles. The number of aryl methyl sites for hydroxylation is 2. The normalized spacial score (nSPS) is 11.0. The van der Waals surface area contributed by atoms with Crippen LogP contribution in [0.25, 0.3) is 10.1 Å². The summed E-state index contributed by atoms with van der Waals surface area (Å²) in [6, 6.07) is 6.04. The lowest BCUT2D eigenvalue weighted by Crippen LogP contribution is -2.22. The van der Waals surface area contributed by atoms with E-state index in [0.717, 1.165) is 21.2 Å². The monoisotopic (exact) mass is 300 g/mol. The Bertz CT molecular complexity index is 818. The molecule has 3 aromatic rings. The van der Waals surface area contributed by atoms with Gasteiger partial charge in [0.2, 0.25) is 0 Å². The molecule has 3 rings (SSSR count). The van der Waals surface area contributed by atoms with Crippen LogP contribution in [-0.2, 0) is 13.6 Å². The maximum Gasteiger partial charge on any atom is 0.263 e. The molecule has 3 N–H and O–H groups in total. The van der Waals surface area contributed by atoms with E-state index in [9.17, 15) is 4.79 Å². The number of nitrogens with zero attached hydrogens (tertiary/aromatic N) is 2. The van der Waals surface area contributed by atoms with E-state index in [-0.39, 0.29) is 5.91 Å². The Morgan fingerprint density at radius 3 is 3.00 bits per heavy atom. The Morgan fingerprint density at radius 1 is 1.48 bits per heavy atom. The topological polar surface area (TPSA) is 72.9 Å². The van der Waals surface area contributed by atoms with Crippen molar-refractivity contribution in [3.05, 3.63) is 46.6 Å². The number of carbonyl (C=O) groups excluding carboxylic acids is 1. The first kappa shape index (κ1) is 13.6. The number of amides is 1. The number of benzene rings is 1. The molecule has 1 amide bonds. The third-order valence-corrected chi connectivity index (χ3v) is 4.48. The molecule has 5 nitrogen and oxygen atoms in total. The van der Waals surface area contributed by atoms with Gasteiger partial charge in [-0.05, 0) is 19.1 Å². The lowest BCUT2D eigenvalue weighted by Gasteiger charge is -2.02. The molecule has 108 valence electrons. The summed E-state index contributed by atoms with van der Waals surface area (Å²) in [6.07, 6.45) is 3.61. The second-order valence-corrected chi connectivity index (χ2v) is 6.10. The summed E-state index contributed by atoms with van der Waals surface area (Å²) in [4.78, 5) is 12.9. The Hall–Kier alpha value is -2.34. The van der Waals surface area contributed by atoms with Crippen molar-refractivity contribution in [1.29, 1.82) is 0 Å². The van der Waals surface area contributed by atoms with Crippen molar-refractivity contribution in [2.45, 2.75) is 13.5 Å². The van der Waals surface area contributed by atoms with Crippen molar-refractivity contribution in [3.8, 4) is 0 Å². The second-order valence-electron chi connectivity index (χ2n) is 5.05. The number of hydrogen-bond donors (Lipinski definition) is 2. The van der Waals surface area contributed by atoms with Gasteiger partial charge in [0.25, 0.3) is 5.91 Å². The minimum absolute atomic E-state index is 0.143. The minimum atomic E-state index is -0.143. The predicted octanol–water partition coefficient (Wildman–Crippen LogP) is 2.46. The quantitative estimate of drug-likeness (QED) is 0.780. The number of anilines is 1. The fourth-order valence-corrected chi connectivity index (χ4v) is 3.24. The van der Waals surface area contributed by atoms with Gasteiger partial charge in [0.05, 0.1) is 11.9 Å². The molecule has 0 atom stereocenters. The molecule has 0 bridgehead atoms. The standard InChI is InChI=1S/C15H16N4OS/c1-9-3-4-12-11(5-9)13(16)14(21-12)15(20)17-6-10-7-18-19(2)8-10/h3-5,7-8H,6,16H2,1-2H3,(H,17,20). The summed E-state index contributed by atoms with van der Waals surface area (Å²) < 4.78 is 2.74. The van der Waals surface area contributed by atoms with E-state index in [1.807, 2.05) is 38.4 Å². The second kappa shape index (κ2) is 5.21. The largest absolute Gasteiger partial charge is 0.397 e. The van der Waals surface area contributed by atoms with E-state index in [1.165, 1.54) is 11.3 Å². The molecule has 0 aliphatic carbocycles. The molecule has 6 heteroatoms. The van der Waals surface area contributed by atoms with Crippen molar-refractivity contribution in [2.75, 3.05) is 5.73 Å². The third-order valence-electron chi connectivity index (χ3n) is 3.30. The minimum Gasteiger partial charge on any atom is -0.397 e. The van der Waals surface area contributed by atoms with Crippen LogP contribution >= 0.6 is 11.3 Å². The maximum atomic E-state index is 12.3. The van der Waals surface area contributed by atoms with Crippen molar-refractivity contribution in [3.63, 3.8) is 0 Å². The van der Waals surface area contributed by atoms with Gasteiger partial charge in [-0.15, -0.1) is 11.3 Å². The van der Waals surface area contributed by atoms with Gasteiger partial charge >= 0.3 is 0 Å².